The fourth-order valence-corrected chi connectivity index (χ4v) is 4.48. The minimum absolute atomic E-state index is 0.154. The highest BCUT2D eigenvalue weighted by atomic mass is 35.5. The molecule has 1 aliphatic heterocycles. The average molecular weight is 374 g/mol. The zero-order valence-electron chi connectivity index (χ0n) is 11.9. The molecule has 0 atom stereocenters. The first-order valence-corrected chi connectivity index (χ1v) is 9.32. The maximum atomic E-state index is 12.3. The van der Waals surface area contributed by atoms with Gasteiger partial charge >= 0.3 is 0 Å². The Labute approximate surface area is 143 Å². The lowest BCUT2D eigenvalue weighted by Gasteiger charge is -2.38. The van der Waals surface area contributed by atoms with Gasteiger partial charge in [0.05, 0.1) is 22.1 Å². The van der Waals surface area contributed by atoms with E-state index in [0.29, 0.717) is 16.3 Å². The van der Waals surface area contributed by atoms with E-state index >= 15 is 0 Å². The van der Waals surface area contributed by atoms with Crippen molar-refractivity contribution in [2.75, 3.05) is 13.1 Å². The van der Waals surface area contributed by atoms with Gasteiger partial charge in [-0.25, -0.2) is 8.42 Å². The van der Waals surface area contributed by atoms with E-state index in [1.165, 1.54) is 23.3 Å². The van der Waals surface area contributed by atoms with E-state index in [1.54, 1.807) is 18.2 Å². The summed E-state index contributed by atoms with van der Waals surface area (Å²) in [6.45, 7) is 0.307. The number of furan rings is 1. The first kappa shape index (κ1) is 16.4. The Morgan fingerprint density at radius 2 is 2.00 bits per heavy atom. The van der Waals surface area contributed by atoms with Crippen molar-refractivity contribution in [3.8, 4) is 0 Å². The molecule has 122 valence electrons. The van der Waals surface area contributed by atoms with Crippen molar-refractivity contribution in [3.05, 3.63) is 58.0 Å². The Morgan fingerprint density at radius 1 is 1.26 bits per heavy atom. The molecular formula is C15H13Cl2NO4S. The summed E-state index contributed by atoms with van der Waals surface area (Å²) in [6.07, 6.45) is 1.43. The Morgan fingerprint density at radius 3 is 2.61 bits per heavy atom. The van der Waals surface area contributed by atoms with Gasteiger partial charge in [0, 0.05) is 18.1 Å². The molecule has 1 aromatic carbocycles. The first-order chi connectivity index (χ1) is 10.9. The van der Waals surface area contributed by atoms with E-state index in [9.17, 15) is 13.2 Å². The molecule has 0 aliphatic carbocycles. The van der Waals surface area contributed by atoms with Crippen molar-refractivity contribution in [2.24, 2.45) is 0 Å². The van der Waals surface area contributed by atoms with Gasteiger partial charge in [-0.15, -0.1) is 0 Å². The molecule has 1 fully saturated rings. The molecular weight excluding hydrogens is 361 g/mol. The number of nitrogens with zero attached hydrogens (tertiary/aromatic N) is 1. The lowest BCUT2D eigenvalue weighted by Crippen LogP contribution is -2.57. The van der Waals surface area contributed by atoms with Crippen LogP contribution in [0.15, 0.2) is 41.0 Å². The summed E-state index contributed by atoms with van der Waals surface area (Å²) in [5, 5.41) is 0.112. The second kappa shape index (κ2) is 6.19. The molecule has 5 nitrogen and oxygen atoms in total. The lowest BCUT2D eigenvalue weighted by molar-refractivity contribution is 0.0659. The predicted octanol–water partition coefficient (Wildman–Crippen LogP) is 3.03. The molecule has 3 rings (SSSR count). The third kappa shape index (κ3) is 3.39. The summed E-state index contributed by atoms with van der Waals surface area (Å²) in [4.78, 5) is 13.8. The van der Waals surface area contributed by atoms with Crippen molar-refractivity contribution >= 4 is 38.9 Å². The fraction of sp³-hybridized carbons (Fsp3) is 0.267. The second-order valence-corrected chi connectivity index (χ2v) is 8.47. The van der Waals surface area contributed by atoms with Crippen LogP contribution in [-0.2, 0) is 15.6 Å². The standard InChI is InChI=1S/C15H13Cl2NO4S/c16-10-3-4-13(14(17)6-10)15(19)18-7-12(8-18)23(20,21)9-11-2-1-5-22-11/h1-6,12H,7-9H2. The number of amides is 1. The number of hydrogen-bond donors (Lipinski definition) is 0. The van der Waals surface area contributed by atoms with Gasteiger partial charge in [-0.05, 0) is 30.3 Å². The maximum Gasteiger partial charge on any atom is 0.255 e. The number of sulfone groups is 1. The second-order valence-electron chi connectivity index (χ2n) is 5.34. The molecule has 0 unspecified atom stereocenters. The van der Waals surface area contributed by atoms with Crippen LogP contribution in [0, 0.1) is 0 Å². The molecule has 8 heteroatoms. The molecule has 1 saturated heterocycles. The van der Waals surface area contributed by atoms with E-state index in [-0.39, 0.29) is 29.8 Å². The number of hydrogen-bond acceptors (Lipinski definition) is 4. The molecule has 0 saturated carbocycles. The monoisotopic (exact) mass is 373 g/mol. The normalized spacial score (nSPS) is 15.5. The number of rotatable bonds is 4. The summed E-state index contributed by atoms with van der Waals surface area (Å²) in [5.41, 5.74) is 0.318. The molecule has 2 heterocycles. The fourth-order valence-electron chi connectivity index (χ4n) is 2.38. The van der Waals surface area contributed by atoms with Gasteiger partial charge in [-0.2, -0.15) is 0 Å². The van der Waals surface area contributed by atoms with Crippen LogP contribution in [0.2, 0.25) is 10.0 Å². The van der Waals surface area contributed by atoms with Gasteiger partial charge in [-0.3, -0.25) is 4.79 Å². The highest BCUT2D eigenvalue weighted by Crippen LogP contribution is 2.26. The molecule has 1 amide bonds. The Bertz CT molecular complexity index is 827. The predicted molar refractivity (Wildman–Crippen MR) is 87.5 cm³/mol. The van der Waals surface area contributed by atoms with Crippen LogP contribution in [0.25, 0.3) is 0 Å². The number of halogens is 2. The van der Waals surface area contributed by atoms with E-state index in [0.717, 1.165) is 0 Å². The van der Waals surface area contributed by atoms with Crippen LogP contribution in [0.4, 0.5) is 0 Å². The topological polar surface area (TPSA) is 67.6 Å². The number of carbonyl (C=O) groups excluding carboxylic acids is 1. The molecule has 23 heavy (non-hydrogen) atoms. The SMILES string of the molecule is O=C(c1ccc(Cl)cc1Cl)N1CC(S(=O)(=O)Cc2ccco2)C1. The molecule has 1 aromatic heterocycles. The van der Waals surface area contributed by atoms with Crippen LogP contribution in [0.3, 0.4) is 0 Å². The van der Waals surface area contributed by atoms with Crippen LogP contribution in [-0.4, -0.2) is 37.6 Å². The van der Waals surface area contributed by atoms with Gasteiger partial charge in [0.2, 0.25) is 0 Å². The average Bonchev–Trinajstić information content (AvgIpc) is 2.88. The van der Waals surface area contributed by atoms with Crippen LogP contribution in [0.1, 0.15) is 16.1 Å². The van der Waals surface area contributed by atoms with E-state index in [2.05, 4.69) is 0 Å². The minimum Gasteiger partial charge on any atom is -0.468 e. The van der Waals surface area contributed by atoms with Crippen LogP contribution >= 0.6 is 23.2 Å². The summed E-state index contributed by atoms with van der Waals surface area (Å²) >= 11 is 11.8. The zero-order chi connectivity index (χ0) is 16.6. The molecule has 0 spiro atoms. The van der Waals surface area contributed by atoms with E-state index in [1.807, 2.05) is 0 Å². The maximum absolute atomic E-state index is 12.3. The molecule has 0 radical (unpaired) electrons. The van der Waals surface area contributed by atoms with Crippen molar-refractivity contribution in [1.29, 1.82) is 0 Å². The number of carbonyl (C=O) groups is 1. The van der Waals surface area contributed by atoms with Gasteiger partial charge in [0.15, 0.2) is 9.84 Å². The molecule has 0 bridgehead atoms. The van der Waals surface area contributed by atoms with Gasteiger partial charge < -0.3 is 9.32 Å². The van der Waals surface area contributed by atoms with Crippen LogP contribution < -0.4 is 0 Å². The van der Waals surface area contributed by atoms with Crippen molar-refractivity contribution < 1.29 is 17.6 Å². The number of benzene rings is 1. The first-order valence-electron chi connectivity index (χ1n) is 6.85. The Kier molecular flexibility index (Phi) is 4.40. The van der Waals surface area contributed by atoms with Crippen molar-refractivity contribution in [2.45, 2.75) is 11.0 Å². The highest BCUT2D eigenvalue weighted by Gasteiger charge is 2.40. The van der Waals surface area contributed by atoms with E-state index < -0.39 is 15.1 Å². The molecule has 1 aliphatic rings. The summed E-state index contributed by atoms with van der Waals surface area (Å²) in [5.74, 6) is -0.0550. The van der Waals surface area contributed by atoms with Gasteiger partial charge in [0.1, 0.15) is 11.5 Å². The van der Waals surface area contributed by atoms with Crippen molar-refractivity contribution in [1.82, 2.24) is 4.90 Å². The zero-order valence-corrected chi connectivity index (χ0v) is 14.2. The molecule has 2 aromatic rings. The van der Waals surface area contributed by atoms with Crippen molar-refractivity contribution in [3.63, 3.8) is 0 Å². The quantitative estimate of drug-likeness (QED) is 0.825. The number of likely N-dealkylation sites (tertiary alicyclic amines) is 1. The minimum atomic E-state index is -3.35. The van der Waals surface area contributed by atoms with Gasteiger partial charge in [-0.1, -0.05) is 23.2 Å². The van der Waals surface area contributed by atoms with Gasteiger partial charge in [0.25, 0.3) is 5.91 Å². The smallest absolute Gasteiger partial charge is 0.255 e. The highest BCUT2D eigenvalue weighted by molar-refractivity contribution is 7.91. The Balaban J connectivity index is 1.65. The summed E-state index contributed by atoms with van der Waals surface area (Å²) in [6, 6.07) is 7.86. The largest absolute Gasteiger partial charge is 0.468 e. The van der Waals surface area contributed by atoms with E-state index in [4.69, 9.17) is 27.6 Å². The lowest BCUT2D eigenvalue weighted by atomic mass is 10.1. The summed E-state index contributed by atoms with van der Waals surface area (Å²) < 4.78 is 29.6. The van der Waals surface area contributed by atoms with Crippen LogP contribution in [0.5, 0.6) is 0 Å². The third-order valence-corrected chi connectivity index (χ3v) is 6.28. The summed E-state index contributed by atoms with van der Waals surface area (Å²) in [7, 11) is -3.35. The molecule has 0 N–H and O–H groups in total. The third-order valence-electron chi connectivity index (χ3n) is 3.73. The Hall–Kier alpha value is -1.50.